The first kappa shape index (κ1) is 6.59. The average Bonchev–Trinajstić information content (AvgIpc) is 1.65. The summed E-state index contributed by atoms with van der Waals surface area (Å²) in [7, 11) is 0. The second kappa shape index (κ2) is 2.71. The van der Waals surface area contributed by atoms with Crippen molar-refractivity contribution in [2.24, 2.45) is 16.5 Å². The Morgan fingerprint density at radius 3 is 2.00 bits per heavy atom. The largest absolute Gasteiger partial charge is 0.325 e. The molecule has 0 bridgehead atoms. The lowest BCUT2D eigenvalue weighted by Crippen LogP contribution is -2.36. The fourth-order valence-electron chi connectivity index (χ4n) is 0.166. The van der Waals surface area contributed by atoms with Gasteiger partial charge >= 0.3 is 0 Å². The quantitative estimate of drug-likeness (QED) is 0.452. The Hall–Kier alpha value is -0.410. The van der Waals surface area contributed by atoms with Crippen molar-refractivity contribution in [3.63, 3.8) is 0 Å². The fourth-order valence-corrected chi connectivity index (χ4v) is 0.166. The third-order valence-electron chi connectivity index (χ3n) is 0.750. The normalized spacial score (nSPS) is 18.1. The van der Waals surface area contributed by atoms with Gasteiger partial charge in [0.25, 0.3) is 0 Å². The van der Waals surface area contributed by atoms with Gasteiger partial charge in [0.15, 0.2) is 0 Å². The molecule has 3 heteroatoms. The molecule has 0 saturated heterocycles. The lowest BCUT2D eigenvalue weighted by molar-refractivity contribution is 0.586. The second-order valence-electron chi connectivity index (χ2n) is 1.53. The molecule has 3 nitrogen and oxygen atoms in total. The van der Waals surface area contributed by atoms with Crippen molar-refractivity contribution in [2.45, 2.75) is 19.1 Å². The van der Waals surface area contributed by atoms with Gasteiger partial charge in [-0.2, -0.15) is 0 Å². The van der Waals surface area contributed by atoms with Crippen molar-refractivity contribution in [1.29, 1.82) is 0 Å². The van der Waals surface area contributed by atoms with E-state index in [2.05, 4.69) is 11.7 Å². The highest BCUT2D eigenvalue weighted by molar-refractivity contribution is 5.24. The highest BCUT2D eigenvalue weighted by Gasteiger charge is 2.00. The maximum absolute atomic E-state index is 5.29. The van der Waals surface area contributed by atoms with E-state index in [4.69, 9.17) is 11.5 Å². The molecule has 2 atom stereocenters. The molecule has 0 aromatic carbocycles. The molecular weight excluding hydrogens is 90.1 g/mol. The third kappa shape index (κ3) is 2.31. The van der Waals surface area contributed by atoms with Crippen LogP contribution in [0, 0.1) is 0 Å². The van der Waals surface area contributed by atoms with Crippen LogP contribution in [0.15, 0.2) is 4.99 Å². The zero-order valence-electron chi connectivity index (χ0n) is 4.46. The number of rotatable bonds is 2. The van der Waals surface area contributed by atoms with Gasteiger partial charge < -0.3 is 11.5 Å². The molecule has 0 rings (SSSR count). The van der Waals surface area contributed by atoms with Gasteiger partial charge in [0, 0.05) is 6.04 Å². The van der Waals surface area contributed by atoms with E-state index in [1.54, 1.807) is 6.92 Å². The number of aliphatic imine (C=N–C) groups is 1. The molecule has 0 saturated carbocycles. The van der Waals surface area contributed by atoms with Crippen molar-refractivity contribution in [3.8, 4) is 0 Å². The predicted octanol–water partition coefficient (Wildman–Crippen LogP) is -0.681. The Kier molecular flexibility index (Phi) is 2.55. The highest BCUT2D eigenvalue weighted by Crippen LogP contribution is 1.81. The molecule has 0 amide bonds. The molecule has 7 heavy (non-hydrogen) atoms. The highest BCUT2D eigenvalue weighted by atomic mass is 15.0. The fraction of sp³-hybridized carbons (Fsp3) is 0.750. The van der Waals surface area contributed by atoms with E-state index in [-0.39, 0.29) is 12.2 Å². The molecule has 0 radical (unpaired) electrons. The first-order valence-corrected chi connectivity index (χ1v) is 2.15. The molecule has 0 aromatic heterocycles. The zero-order valence-corrected chi connectivity index (χ0v) is 4.46. The van der Waals surface area contributed by atoms with E-state index in [0.717, 1.165) is 0 Å². The summed E-state index contributed by atoms with van der Waals surface area (Å²) in [5.41, 5.74) is 10.5. The number of nitrogens with zero attached hydrogens (tertiary/aromatic N) is 1. The number of nitrogens with two attached hydrogens (primary N) is 2. The van der Waals surface area contributed by atoms with Crippen LogP contribution in [0.3, 0.4) is 0 Å². The van der Waals surface area contributed by atoms with Crippen LogP contribution in [-0.2, 0) is 0 Å². The van der Waals surface area contributed by atoms with E-state index in [0.29, 0.717) is 0 Å². The Bertz CT molecular complexity index is 60.0. The van der Waals surface area contributed by atoms with Gasteiger partial charge in [0.2, 0.25) is 0 Å². The molecule has 0 aromatic rings. The van der Waals surface area contributed by atoms with Gasteiger partial charge in [0.05, 0.1) is 0 Å². The van der Waals surface area contributed by atoms with Crippen molar-refractivity contribution in [3.05, 3.63) is 0 Å². The van der Waals surface area contributed by atoms with E-state index in [9.17, 15) is 0 Å². The molecule has 4 N–H and O–H groups in total. The zero-order chi connectivity index (χ0) is 5.86. The summed E-state index contributed by atoms with van der Waals surface area (Å²) >= 11 is 0. The summed E-state index contributed by atoms with van der Waals surface area (Å²) in [6, 6.07) is -0.0856. The summed E-state index contributed by atoms with van der Waals surface area (Å²) in [6.07, 6.45) is -0.306. The molecule has 0 aliphatic heterocycles. The van der Waals surface area contributed by atoms with Crippen LogP contribution < -0.4 is 11.5 Å². The summed E-state index contributed by atoms with van der Waals surface area (Å²) in [4.78, 5) is 3.49. The van der Waals surface area contributed by atoms with E-state index in [1.807, 2.05) is 0 Å². The smallest absolute Gasteiger partial charge is 0.111 e. The van der Waals surface area contributed by atoms with Crippen LogP contribution in [0.25, 0.3) is 0 Å². The first-order chi connectivity index (χ1) is 3.18. The van der Waals surface area contributed by atoms with Crippen LogP contribution in [0.5, 0.6) is 0 Å². The number of hydrogen-bond acceptors (Lipinski definition) is 3. The van der Waals surface area contributed by atoms with Gasteiger partial charge in [-0.25, -0.2) is 0 Å². The molecule has 0 unspecified atom stereocenters. The molecule has 0 heterocycles. The maximum Gasteiger partial charge on any atom is 0.111 e. The van der Waals surface area contributed by atoms with E-state index in [1.165, 1.54) is 0 Å². The third-order valence-corrected chi connectivity index (χ3v) is 0.750. The Labute approximate surface area is 43.4 Å². The van der Waals surface area contributed by atoms with Crippen molar-refractivity contribution < 1.29 is 0 Å². The molecule has 42 valence electrons. The average molecular weight is 101 g/mol. The topological polar surface area (TPSA) is 64.4 Å². The molecule has 0 fully saturated rings. The van der Waals surface area contributed by atoms with Gasteiger partial charge in [-0.1, -0.05) is 0 Å². The van der Waals surface area contributed by atoms with Crippen LogP contribution in [0.1, 0.15) is 6.92 Å². The standard InChI is InChI=1S/C4H11N3/c1-3(5)4(6)7-2/h3-4H,2,5-6H2,1H3/t3-,4-/m0/s1. The lowest BCUT2D eigenvalue weighted by atomic mass is 10.3. The van der Waals surface area contributed by atoms with Crippen LogP contribution in [0.4, 0.5) is 0 Å². The van der Waals surface area contributed by atoms with Gasteiger partial charge in [-0.15, -0.1) is 0 Å². The van der Waals surface area contributed by atoms with E-state index >= 15 is 0 Å². The Balaban J connectivity index is 3.33. The molecule has 0 aliphatic carbocycles. The molecule has 0 spiro atoms. The minimum absolute atomic E-state index is 0.0856. The predicted molar refractivity (Wildman–Crippen MR) is 31.2 cm³/mol. The minimum Gasteiger partial charge on any atom is -0.325 e. The van der Waals surface area contributed by atoms with Crippen molar-refractivity contribution >= 4 is 6.72 Å². The molecular formula is C4H11N3. The molecule has 0 aliphatic rings. The van der Waals surface area contributed by atoms with Gasteiger partial charge in [-0.3, -0.25) is 4.99 Å². The maximum atomic E-state index is 5.29. The summed E-state index contributed by atoms with van der Waals surface area (Å²) < 4.78 is 0. The number of hydrogen-bond donors (Lipinski definition) is 2. The summed E-state index contributed by atoms with van der Waals surface area (Å²) in [6.45, 7) is 5.02. The van der Waals surface area contributed by atoms with Gasteiger partial charge in [0.1, 0.15) is 6.17 Å². The van der Waals surface area contributed by atoms with Crippen molar-refractivity contribution in [1.82, 2.24) is 0 Å². The monoisotopic (exact) mass is 101 g/mol. The second-order valence-corrected chi connectivity index (χ2v) is 1.53. The van der Waals surface area contributed by atoms with Crippen molar-refractivity contribution in [2.75, 3.05) is 0 Å². The SMILES string of the molecule is C=N[C@H](N)[C@H](C)N. The van der Waals surface area contributed by atoms with Crippen LogP contribution in [-0.4, -0.2) is 18.9 Å². The van der Waals surface area contributed by atoms with Crippen LogP contribution in [0.2, 0.25) is 0 Å². The minimum atomic E-state index is -0.306. The van der Waals surface area contributed by atoms with E-state index < -0.39 is 0 Å². The van der Waals surface area contributed by atoms with Crippen LogP contribution >= 0.6 is 0 Å². The lowest BCUT2D eigenvalue weighted by Gasteiger charge is -2.07. The summed E-state index contributed by atoms with van der Waals surface area (Å²) in [5, 5.41) is 0. The Morgan fingerprint density at radius 2 is 2.00 bits per heavy atom. The summed E-state index contributed by atoms with van der Waals surface area (Å²) in [5.74, 6) is 0. The first-order valence-electron chi connectivity index (χ1n) is 2.15. The Morgan fingerprint density at radius 1 is 1.57 bits per heavy atom. The van der Waals surface area contributed by atoms with Gasteiger partial charge in [-0.05, 0) is 13.6 Å².